The van der Waals surface area contributed by atoms with Gasteiger partial charge in [-0.15, -0.1) is 0 Å². The molecule has 2 aromatic carbocycles. The monoisotopic (exact) mass is 345 g/mol. The van der Waals surface area contributed by atoms with Crippen LogP contribution in [0.1, 0.15) is 24.0 Å². The van der Waals surface area contributed by atoms with Crippen molar-refractivity contribution in [3.05, 3.63) is 64.7 Å². The lowest BCUT2D eigenvalue weighted by Gasteiger charge is -2.21. The van der Waals surface area contributed by atoms with Gasteiger partial charge in [0, 0.05) is 17.1 Å². The molecule has 3 rings (SSSR count). The number of hydrogen-bond donors (Lipinski definition) is 1. The Hall–Kier alpha value is -2.04. The molecule has 24 heavy (non-hydrogen) atoms. The molecule has 0 bridgehead atoms. The Bertz CT molecular complexity index is 719. The van der Waals surface area contributed by atoms with Gasteiger partial charge in [0.05, 0.1) is 0 Å². The summed E-state index contributed by atoms with van der Waals surface area (Å²) in [4.78, 5) is 13.3. The van der Waals surface area contributed by atoms with E-state index in [0.717, 1.165) is 36.3 Å². The van der Waals surface area contributed by atoms with Crippen LogP contribution >= 0.6 is 11.6 Å². The number of nitrogens with zero attached hydrogens (tertiary/aromatic N) is 1. The number of hydrogen-bond acceptors (Lipinski definition) is 3. The van der Waals surface area contributed by atoms with Crippen LogP contribution in [0.4, 0.5) is 0 Å². The summed E-state index contributed by atoms with van der Waals surface area (Å²) in [7, 11) is 0. The van der Waals surface area contributed by atoms with Gasteiger partial charge in [0.2, 0.25) is 0 Å². The van der Waals surface area contributed by atoms with Gasteiger partial charge < -0.3 is 9.84 Å². The van der Waals surface area contributed by atoms with E-state index < -0.39 is 5.97 Å². The highest BCUT2D eigenvalue weighted by molar-refractivity contribution is 6.31. The van der Waals surface area contributed by atoms with E-state index in [2.05, 4.69) is 0 Å². The second-order valence-electron chi connectivity index (χ2n) is 5.99. The number of halogens is 1. The maximum atomic E-state index is 11.3. The van der Waals surface area contributed by atoms with E-state index in [-0.39, 0.29) is 6.04 Å². The fourth-order valence-corrected chi connectivity index (χ4v) is 3.23. The summed E-state index contributed by atoms with van der Waals surface area (Å²) < 4.78 is 5.83. The Morgan fingerprint density at radius 3 is 2.88 bits per heavy atom. The molecule has 1 N–H and O–H groups in total. The predicted octanol–water partition coefficient (Wildman–Crippen LogP) is 3.97. The Morgan fingerprint density at radius 1 is 1.25 bits per heavy atom. The molecule has 1 aliphatic heterocycles. The quantitative estimate of drug-likeness (QED) is 0.860. The van der Waals surface area contributed by atoms with Crippen molar-refractivity contribution in [2.24, 2.45) is 0 Å². The van der Waals surface area contributed by atoms with Crippen LogP contribution in [0.5, 0.6) is 5.75 Å². The normalized spacial score (nSPS) is 17.8. The summed E-state index contributed by atoms with van der Waals surface area (Å²) in [6.07, 6.45) is 1.65. The largest absolute Gasteiger partial charge is 0.489 e. The smallest absolute Gasteiger partial charge is 0.320 e. The third-order valence-corrected chi connectivity index (χ3v) is 4.65. The lowest BCUT2D eigenvalue weighted by Crippen LogP contribution is -2.35. The predicted molar refractivity (Wildman–Crippen MR) is 93.3 cm³/mol. The van der Waals surface area contributed by atoms with E-state index >= 15 is 0 Å². The first-order chi connectivity index (χ1) is 11.6. The Morgan fingerprint density at radius 2 is 2.08 bits per heavy atom. The van der Waals surface area contributed by atoms with Crippen LogP contribution in [-0.2, 0) is 17.9 Å². The Labute approximate surface area is 146 Å². The fourth-order valence-electron chi connectivity index (χ4n) is 3.04. The number of likely N-dealkylation sites (tertiary alicyclic amines) is 1. The van der Waals surface area contributed by atoms with Crippen molar-refractivity contribution >= 4 is 17.6 Å². The first kappa shape index (κ1) is 16.8. The molecule has 0 spiro atoms. The molecular formula is C19H20ClNO3. The summed E-state index contributed by atoms with van der Waals surface area (Å²) in [6.45, 7) is 1.85. The number of benzene rings is 2. The van der Waals surface area contributed by atoms with Crippen molar-refractivity contribution < 1.29 is 14.6 Å². The number of carboxylic acid groups (broad SMARTS) is 1. The zero-order chi connectivity index (χ0) is 16.9. The van der Waals surface area contributed by atoms with E-state index in [1.807, 2.05) is 53.4 Å². The number of aliphatic carboxylic acids is 1. The maximum absolute atomic E-state index is 11.3. The molecule has 0 saturated carbocycles. The lowest BCUT2D eigenvalue weighted by atomic mass is 10.1. The number of carboxylic acids is 1. The zero-order valence-electron chi connectivity index (χ0n) is 13.3. The Balaban J connectivity index is 1.64. The van der Waals surface area contributed by atoms with Crippen LogP contribution < -0.4 is 4.74 Å². The van der Waals surface area contributed by atoms with Crippen molar-refractivity contribution in [2.75, 3.05) is 6.54 Å². The molecule has 1 unspecified atom stereocenters. The van der Waals surface area contributed by atoms with Gasteiger partial charge in [-0.05, 0) is 43.1 Å². The molecule has 2 aromatic rings. The molecule has 0 aromatic heterocycles. The molecule has 1 aliphatic rings. The highest BCUT2D eigenvalue weighted by Gasteiger charge is 2.30. The lowest BCUT2D eigenvalue weighted by molar-refractivity contribution is -0.142. The van der Waals surface area contributed by atoms with Gasteiger partial charge in [0.1, 0.15) is 18.4 Å². The van der Waals surface area contributed by atoms with Crippen LogP contribution in [0.3, 0.4) is 0 Å². The first-order valence-electron chi connectivity index (χ1n) is 8.05. The van der Waals surface area contributed by atoms with E-state index in [9.17, 15) is 9.90 Å². The molecule has 1 saturated heterocycles. The number of carbonyl (C=O) groups is 1. The average molecular weight is 346 g/mol. The van der Waals surface area contributed by atoms with Crippen LogP contribution in [-0.4, -0.2) is 28.6 Å². The third kappa shape index (κ3) is 4.08. The summed E-state index contributed by atoms with van der Waals surface area (Å²) in [5, 5.41) is 9.96. The second kappa shape index (κ2) is 7.69. The van der Waals surface area contributed by atoms with Crippen LogP contribution in [0.2, 0.25) is 5.02 Å². The van der Waals surface area contributed by atoms with Gasteiger partial charge in [-0.2, -0.15) is 0 Å². The maximum Gasteiger partial charge on any atom is 0.320 e. The Kier molecular flexibility index (Phi) is 5.38. The van der Waals surface area contributed by atoms with E-state index in [1.54, 1.807) is 0 Å². The van der Waals surface area contributed by atoms with Gasteiger partial charge in [-0.1, -0.05) is 41.9 Å². The topological polar surface area (TPSA) is 49.8 Å². The third-order valence-electron chi connectivity index (χ3n) is 4.29. The molecule has 1 fully saturated rings. The van der Waals surface area contributed by atoms with Gasteiger partial charge in [0.25, 0.3) is 0 Å². The van der Waals surface area contributed by atoms with Crippen LogP contribution in [0, 0.1) is 0 Å². The molecule has 1 heterocycles. The van der Waals surface area contributed by atoms with E-state index in [1.165, 1.54) is 0 Å². The summed E-state index contributed by atoms with van der Waals surface area (Å²) in [5.41, 5.74) is 2.00. The number of rotatable bonds is 6. The van der Waals surface area contributed by atoms with Crippen LogP contribution in [0.15, 0.2) is 48.5 Å². The van der Waals surface area contributed by atoms with Crippen molar-refractivity contribution in [2.45, 2.75) is 32.0 Å². The molecule has 0 aliphatic carbocycles. The molecule has 126 valence electrons. The van der Waals surface area contributed by atoms with Crippen LogP contribution in [0.25, 0.3) is 0 Å². The minimum Gasteiger partial charge on any atom is -0.489 e. The zero-order valence-corrected chi connectivity index (χ0v) is 14.1. The summed E-state index contributed by atoms with van der Waals surface area (Å²) in [5.74, 6) is 0.0251. The highest BCUT2D eigenvalue weighted by Crippen LogP contribution is 2.23. The van der Waals surface area contributed by atoms with Crippen molar-refractivity contribution in [1.29, 1.82) is 0 Å². The minimum absolute atomic E-state index is 0.377. The van der Waals surface area contributed by atoms with E-state index in [4.69, 9.17) is 16.3 Å². The van der Waals surface area contributed by atoms with Gasteiger partial charge in [-0.3, -0.25) is 9.69 Å². The molecule has 4 nitrogen and oxygen atoms in total. The molecule has 0 amide bonds. The van der Waals surface area contributed by atoms with Gasteiger partial charge >= 0.3 is 5.97 Å². The number of ether oxygens (including phenoxy) is 1. The summed E-state index contributed by atoms with van der Waals surface area (Å²) in [6, 6.07) is 15.0. The van der Waals surface area contributed by atoms with Crippen molar-refractivity contribution in [3.63, 3.8) is 0 Å². The average Bonchev–Trinajstić information content (AvgIpc) is 3.03. The first-order valence-corrected chi connectivity index (χ1v) is 8.43. The van der Waals surface area contributed by atoms with Crippen molar-refractivity contribution in [1.82, 2.24) is 4.90 Å². The highest BCUT2D eigenvalue weighted by atomic mass is 35.5. The van der Waals surface area contributed by atoms with Gasteiger partial charge in [-0.25, -0.2) is 0 Å². The van der Waals surface area contributed by atoms with Crippen molar-refractivity contribution in [3.8, 4) is 5.75 Å². The second-order valence-corrected chi connectivity index (χ2v) is 6.40. The fraction of sp³-hybridized carbons (Fsp3) is 0.316. The minimum atomic E-state index is -0.737. The molecule has 5 heteroatoms. The van der Waals surface area contributed by atoms with Gasteiger partial charge in [0.15, 0.2) is 0 Å². The molecular weight excluding hydrogens is 326 g/mol. The molecule has 1 atom stereocenters. The molecule has 0 radical (unpaired) electrons. The van der Waals surface area contributed by atoms with E-state index in [0.29, 0.717) is 18.2 Å². The SMILES string of the molecule is O=C(O)C1CCCN1Cc1cccc(OCc2ccccc2Cl)c1. The standard InChI is InChI=1S/C19H20ClNO3/c20-17-8-2-1-6-15(17)13-24-16-7-3-5-14(11-16)12-21-10-4-9-18(21)19(22)23/h1-3,5-8,11,18H,4,9-10,12-13H2,(H,22,23). The summed E-state index contributed by atoms with van der Waals surface area (Å²) >= 11 is 6.14.